The van der Waals surface area contributed by atoms with E-state index in [1.54, 1.807) is 0 Å². The van der Waals surface area contributed by atoms with Crippen molar-refractivity contribution in [2.24, 2.45) is 5.73 Å². The number of benzene rings is 1. The maximum absolute atomic E-state index is 11.3. The van der Waals surface area contributed by atoms with Gasteiger partial charge in [-0.25, -0.2) is 0 Å². The zero-order valence-corrected chi connectivity index (χ0v) is 17.3. The molecule has 0 unspecified atom stereocenters. The van der Waals surface area contributed by atoms with Crippen LogP contribution in [0.4, 0.5) is 0 Å². The van der Waals surface area contributed by atoms with Crippen molar-refractivity contribution in [1.29, 1.82) is 0 Å². The van der Waals surface area contributed by atoms with Crippen LogP contribution in [0, 0.1) is 0 Å². The molecule has 7 nitrogen and oxygen atoms in total. The van der Waals surface area contributed by atoms with Gasteiger partial charge >= 0.3 is 0 Å². The number of hydrogen-bond acceptors (Lipinski definition) is 4. The molecule has 0 aliphatic carbocycles. The first-order chi connectivity index (χ1) is 14.7. The average Bonchev–Trinajstić information content (AvgIpc) is 3.33. The van der Waals surface area contributed by atoms with E-state index in [1.165, 1.54) is 24.2 Å². The van der Waals surface area contributed by atoms with Crippen molar-refractivity contribution in [3.63, 3.8) is 0 Å². The molecule has 2 aromatic heterocycles. The number of amides is 1. The third-order valence-corrected chi connectivity index (χ3v) is 6.28. The highest BCUT2D eigenvalue weighted by Crippen LogP contribution is 2.29. The molecule has 0 radical (unpaired) electrons. The number of hydrogen-bond donors (Lipinski definition) is 1. The fourth-order valence-electron chi connectivity index (χ4n) is 4.75. The van der Waals surface area contributed by atoms with Crippen LogP contribution >= 0.6 is 0 Å². The smallest absolute Gasteiger partial charge is 0.237 e. The lowest BCUT2D eigenvalue weighted by atomic mass is 10.1. The number of rotatable bonds is 6. The number of likely N-dealkylation sites (tertiary alicyclic amines) is 1. The van der Waals surface area contributed by atoms with Crippen LogP contribution in [0.3, 0.4) is 0 Å². The Morgan fingerprint density at radius 3 is 2.83 bits per heavy atom. The molecule has 1 fully saturated rings. The highest BCUT2D eigenvalue weighted by atomic mass is 16.5. The quantitative estimate of drug-likeness (QED) is 0.681. The van der Waals surface area contributed by atoms with Gasteiger partial charge in [0.15, 0.2) is 0 Å². The minimum absolute atomic E-state index is 0.183. The van der Waals surface area contributed by atoms with E-state index in [1.807, 2.05) is 35.0 Å². The molecule has 0 atom stereocenters. The number of carbonyl (C=O) groups is 1. The van der Waals surface area contributed by atoms with Crippen LogP contribution in [0.2, 0.25) is 0 Å². The molecule has 2 aliphatic heterocycles. The molecule has 2 N–H and O–H groups in total. The van der Waals surface area contributed by atoms with Crippen molar-refractivity contribution in [3.05, 3.63) is 47.9 Å². The van der Waals surface area contributed by atoms with E-state index in [0.29, 0.717) is 0 Å². The van der Waals surface area contributed by atoms with Gasteiger partial charge in [-0.15, -0.1) is 0 Å². The topological polar surface area (TPSA) is 78.3 Å². The molecule has 1 saturated heterocycles. The van der Waals surface area contributed by atoms with E-state index in [9.17, 15) is 4.79 Å². The Balaban J connectivity index is 1.20. The summed E-state index contributed by atoms with van der Waals surface area (Å²) in [6, 6.07) is 10.3. The van der Waals surface area contributed by atoms with Crippen LogP contribution < -0.4 is 10.5 Å². The molecule has 4 heterocycles. The first-order valence-corrected chi connectivity index (χ1v) is 11.0. The number of aromatic nitrogens is 3. The average molecular weight is 408 g/mol. The van der Waals surface area contributed by atoms with E-state index in [0.717, 1.165) is 62.1 Å². The summed E-state index contributed by atoms with van der Waals surface area (Å²) in [5.74, 6) is 0.542. The number of aryl methyl sites for hydroxylation is 2. The van der Waals surface area contributed by atoms with Gasteiger partial charge in [-0.2, -0.15) is 5.10 Å². The molecular weight excluding hydrogens is 378 g/mol. The predicted molar refractivity (Wildman–Crippen MR) is 115 cm³/mol. The second-order valence-corrected chi connectivity index (χ2v) is 8.50. The van der Waals surface area contributed by atoms with Gasteiger partial charge < -0.3 is 15.0 Å². The van der Waals surface area contributed by atoms with Gasteiger partial charge in [0, 0.05) is 43.5 Å². The minimum Gasteiger partial charge on any atom is -0.490 e. The van der Waals surface area contributed by atoms with Crippen molar-refractivity contribution in [1.82, 2.24) is 19.2 Å². The van der Waals surface area contributed by atoms with Crippen LogP contribution in [-0.4, -0.2) is 44.3 Å². The first-order valence-electron chi connectivity index (χ1n) is 11.0. The summed E-state index contributed by atoms with van der Waals surface area (Å²) in [5.41, 5.74) is 8.93. The van der Waals surface area contributed by atoms with Gasteiger partial charge in [-0.05, 0) is 56.4 Å². The molecule has 1 amide bonds. The fraction of sp³-hybridized carbons (Fsp3) is 0.478. The molecule has 30 heavy (non-hydrogen) atoms. The van der Waals surface area contributed by atoms with Gasteiger partial charge in [0.1, 0.15) is 18.4 Å². The van der Waals surface area contributed by atoms with E-state index >= 15 is 0 Å². The Hall–Kier alpha value is -2.80. The number of carbonyl (C=O) groups excluding carboxylic acids is 1. The van der Waals surface area contributed by atoms with Crippen molar-refractivity contribution in [3.8, 4) is 5.75 Å². The predicted octanol–water partition coefficient (Wildman–Crippen LogP) is 2.70. The van der Waals surface area contributed by atoms with E-state index in [-0.39, 0.29) is 18.6 Å². The maximum atomic E-state index is 11.3. The van der Waals surface area contributed by atoms with Gasteiger partial charge in [0.05, 0.1) is 11.2 Å². The standard InChI is InChI=1S/C23H29N5O2/c24-23(29)16-27-13-9-20-21(27)5-3-6-22(20)30-19-7-11-26(12-8-19)15-17-14-18-4-1-2-10-28(18)25-17/h3,5-6,9,13-14,19H,1-2,4,7-8,10-12,15-16H2,(H2,24,29). The lowest BCUT2D eigenvalue weighted by molar-refractivity contribution is -0.118. The molecule has 0 saturated carbocycles. The van der Waals surface area contributed by atoms with Crippen molar-refractivity contribution in [2.45, 2.75) is 57.8 Å². The zero-order chi connectivity index (χ0) is 20.5. The number of nitrogens with zero attached hydrogens (tertiary/aromatic N) is 4. The molecule has 3 aromatic rings. The van der Waals surface area contributed by atoms with Crippen LogP contribution in [0.5, 0.6) is 5.75 Å². The summed E-state index contributed by atoms with van der Waals surface area (Å²) >= 11 is 0. The number of primary amides is 1. The molecule has 7 heteroatoms. The molecule has 158 valence electrons. The maximum Gasteiger partial charge on any atom is 0.237 e. The van der Waals surface area contributed by atoms with Gasteiger partial charge in [0.25, 0.3) is 0 Å². The summed E-state index contributed by atoms with van der Waals surface area (Å²) in [6.45, 7) is 4.22. The zero-order valence-electron chi connectivity index (χ0n) is 17.3. The second kappa shape index (κ2) is 8.14. The summed E-state index contributed by atoms with van der Waals surface area (Å²) < 4.78 is 10.4. The Morgan fingerprint density at radius 2 is 2.03 bits per heavy atom. The third kappa shape index (κ3) is 3.94. The second-order valence-electron chi connectivity index (χ2n) is 8.50. The van der Waals surface area contributed by atoms with Crippen LogP contribution in [0.1, 0.15) is 37.1 Å². The van der Waals surface area contributed by atoms with Crippen LogP contribution in [0.15, 0.2) is 36.5 Å². The van der Waals surface area contributed by atoms with Gasteiger partial charge in [-0.1, -0.05) is 6.07 Å². The number of fused-ring (bicyclic) bond motifs is 2. The number of piperidine rings is 1. The van der Waals surface area contributed by atoms with E-state index in [4.69, 9.17) is 15.6 Å². The third-order valence-electron chi connectivity index (χ3n) is 6.28. The van der Waals surface area contributed by atoms with E-state index < -0.39 is 0 Å². The number of nitrogens with two attached hydrogens (primary N) is 1. The number of ether oxygens (including phenoxy) is 1. The highest BCUT2D eigenvalue weighted by molar-refractivity contribution is 5.87. The molecule has 0 bridgehead atoms. The summed E-state index contributed by atoms with van der Waals surface area (Å²) in [5, 5.41) is 5.83. The summed E-state index contributed by atoms with van der Waals surface area (Å²) in [6.07, 6.45) is 7.81. The lowest BCUT2D eigenvalue weighted by Gasteiger charge is -2.31. The summed E-state index contributed by atoms with van der Waals surface area (Å²) in [4.78, 5) is 13.8. The fourth-order valence-corrected chi connectivity index (χ4v) is 4.75. The molecule has 1 aromatic carbocycles. The largest absolute Gasteiger partial charge is 0.490 e. The Labute approximate surface area is 176 Å². The van der Waals surface area contributed by atoms with Crippen LogP contribution in [-0.2, 0) is 30.8 Å². The monoisotopic (exact) mass is 407 g/mol. The summed E-state index contributed by atoms with van der Waals surface area (Å²) in [7, 11) is 0. The molecule has 5 rings (SSSR count). The molecule has 2 aliphatic rings. The molecule has 0 spiro atoms. The lowest BCUT2D eigenvalue weighted by Crippen LogP contribution is -2.37. The van der Waals surface area contributed by atoms with Crippen LogP contribution in [0.25, 0.3) is 10.9 Å². The highest BCUT2D eigenvalue weighted by Gasteiger charge is 2.23. The first kappa shape index (κ1) is 19.2. The molecular formula is C23H29N5O2. The SMILES string of the molecule is NC(=O)Cn1ccc2c(OC3CCN(Cc4cc5n(n4)CCCC5)CC3)cccc21. The minimum atomic E-state index is -0.343. The van der Waals surface area contributed by atoms with E-state index in [2.05, 4.69) is 15.6 Å². The Bertz CT molecular complexity index is 1020. The van der Waals surface area contributed by atoms with Crippen molar-refractivity contribution >= 4 is 16.8 Å². The van der Waals surface area contributed by atoms with Gasteiger partial charge in [-0.3, -0.25) is 14.4 Å². The Kier molecular flexibility index (Phi) is 5.21. The van der Waals surface area contributed by atoms with Crippen molar-refractivity contribution in [2.75, 3.05) is 13.1 Å². The van der Waals surface area contributed by atoms with Crippen molar-refractivity contribution < 1.29 is 9.53 Å². The normalized spacial score (nSPS) is 17.9. The Morgan fingerprint density at radius 1 is 1.17 bits per heavy atom. The van der Waals surface area contributed by atoms with Gasteiger partial charge in [0.2, 0.25) is 5.91 Å².